The Morgan fingerprint density at radius 3 is 1.97 bits per heavy atom. The molecular formula is C27H26FN3O4. The van der Waals surface area contributed by atoms with Crippen molar-refractivity contribution >= 4 is 23.5 Å². The van der Waals surface area contributed by atoms with Crippen molar-refractivity contribution in [2.45, 2.75) is 31.8 Å². The van der Waals surface area contributed by atoms with Gasteiger partial charge in [0.25, 0.3) is 0 Å². The molecule has 8 heteroatoms. The number of carbonyl (C=O) groups is 4. The molecule has 3 rings (SSSR count). The maximum absolute atomic E-state index is 14.1. The van der Waals surface area contributed by atoms with E-state index in [2.05, 4.69) is 10.6 Å². The Morgan fingerprint density at radius 2 is 1.37 bits per heavy atom. The minimum absolute atomic E-state index is 0.0768. The number of nitrogens with one attached hydrogen (secondary N) is 2. The Balaban J connectivity index is 1.71. The van der Waals surface area contributed by atoms with E-state index in [-0.39, 0.29) is 24.2 Å². The minimum Gasteiger partial charge on any atom is -0.368 e. The van der Waals surface area contributed by atoms with Crippen molar-refractivity contribution in [1.29, 1.82) is 0 Å². The van der Waals surface area contributed by atoms with Crippen LogP contribution < -0.4 is 16.4 Å². The van der Waals surface area contributed by atoms with Gasteiger partial charge in [-0.2, -0.15) is 0 Å². The molecule has 3 aromatic carbocycles. The molecule has 0 aliphatic rings. The van der Waals surface area contributed by atoms with Gasteiger partial charge >= 0.3 is 0 Å². The molecule has 0 heterocycles. The summed E-state index contributed by atoms with van der Waals surface area (Å²) < 4.78 is 14.1. The second-order valence-corrected chi connectivity index (χ2v) is 8.11. The Morgan fingerprint density at radius 1 is 0.771 bits per heavy atom. The summed E-state index contributed by atoms with van der Waals surface area (Å²) in [6.45, 7) is 1.24. The fourth-order valence-electron chi connectivity index (χ4n) is 3.62. The average molecular weight is 476 g/mol. The smallest absolute Gasteiger partial charge is 0.243 e. The SMILES string of the molecule is CC(=O)N[C@H](Cc1ccccc1F)C(=O)N[C@@H](Cc1ccc(C(=O)c2ccccc2)cc1)C(N)=O. The number of ketones is 1. The second kappa shape index (κ2) is 11.7. The molecule has 0 aliphatic heterocycles. The van der Waals surface area contributed by atoms with E-state index in [4.69, 9.17) is 5.73 Å². The zero-order valence-electron chi connectivity index (χ0n) is 19.2. The highest BCUT2D eigenvalue weighted by Gasteiger charge is 2.26. The summed E-state index contributed by atoms with van der Waals surface area (Å²) in [6.07, 6.45) is -0.0206. The van der Waals surface area contributed by atoms with Crippen LogP contribution in [-0.4, -0.2) is 35.6 Å². The van der Waals surface area contributed by atoms with Gasteiger partial charge in [-0.1, -0.05) is 72.8 Å². The summed E-state index contributed by atoms with van der Waals surface area (Å²) in [6, 6.07) is 19.2. The van der Waals surface area contributed by atoms with E-state index in [0.29, 0.717) is 16.7 Å². The molecule has 0 aromatic heterocycles. The number of hydrogen-bond donors (Lipinski definition) is 3. The van der Waals surface area contributed by atoms with Crippen molar-refractivity contribution in [3.05, 3.63) is 107 Å². The number of benzene rings is 3. The molecule has 2 atom stereocenters. The van der Waals surface area contributed by atoms with Crippen molar-refractivity contribution in [3.8, 4) is 0 Å². The van der Waals surface area contributed by atoms with Gasteiger partial charge in [-0.15, -0.1) is 0 Å². The number of carbonyl (C=O) groups excluding carboxylic acids is 4. The van der Waals surface area contributed by atoms with Gasteiger partial charge in [0.15, 0.2) is 5.78 Å². The van der Waals surface area contributed by atoms with Crippen LogP contribution in [-0.2, 0) is 27.2 Å². The van der Waals surface area contributed by atoms with Gasteiger partial charge < -0.3 is 16.4 Å². The summed E-state index contributed by atoms with van der Waals surface area (Å²) in [5, 5.41) is 5.05. The molecule has 0 aliphatic carbocycles. The first-order chi connectivity index (χ1) is 16.7. The number of primary amides is 1. The van der Waals surface area contributed by atoms with Crippen molar-refractivity contribution in [3.63, 3.8) is 0 Å². The lowest BCUT2D eigenvalue weighted by Gasteiger charge is -2.22. The monoisotopic (exact) mass is 475 g/mol. The third kappa shape index (κ3) is 7.07. The van der Waals surface area contributed by atoms with Gasteiger partial charge in [0.05, 0.1) is 0 Å². The molecule has 3 amide bonds. The first-order valence-corrected chi connectivity index (χ1v) is 11.0. The van der Waals surface area contributed by atoms with E-state index in [1.54, 1.807) is 54.6 Å². The normalized spacial score (nSPS) is 12.3. The van der Waals surface area contributed by atoms with Crippen LogP contribution in [0.25, 0.3) is 0 Å². The van der Waals surface area contributed by atoms with Crippen LogP contribution in [0.2, 0.25) is 0 Å². The lowest BCUT2D eigenvalue weighted by molar-refractivity contribution is -0.130. The highest BCUT2D eigenvalue weighted by molar-refractivity contribution is 6.08. The maximum Gasteiger partial charge on any atom is 0.243 e. The number of amides is 3. The molecule has 4 N–H and O–H groups in total. The highest BCUT2D eigenvalue weighted by atomic mass is 19.1. The van der Waals surface area contributed by atoms with Crippen molar-refractivity contribution < 1.29 is 23.6 Å². The largest absolute Gasteiger partial charge is 0.368 e. The van der Waals surface area contributed by atoms with Gasteiger partial charge in [-0.25, -0.2) is 4.39 Å². The molecule has 0 spiro atoms. The van der Waals surface area contributed by atoms with E-state index in [9.17, 15) is 23.6 Å². The third-order valence-corrected chi connectivity index (χ3v) is 5.43. The Bertz CT molecular complexity index is 1210. The van der Waals surface area contributed by atoms with Crippen molar-refractivity contribution in [2.75, 3.05) is 0 Å². The Labute approximate surface area is 202 Å². The molecule has 0 saturated carbocycles. The van der Waals surface area contributed by atoms with Gasteiger partial charge in [0.1, 0.15) is 17.9 Å². The summed E-state index contributed by atoms with van der Waals surface area (Å²) in [7, 11) is 0. The molecule has 0 bridgehead atoms. The predicted molar refractivity (Wildman–Crippen MR) is 129 cm³/mol. The lowest BCUT2D eigenvalue weighted by Crippen LogP contribution is -2.54. The number of hydrogen-bond acceptors (Lipinski definition) is 4. The van der Waals surface area contributed by atoms with Crippen LogP contribution in [0.15, 0.2) is 78.9 Å². The summed E-state index contributed by atoms with van der Waals surface area (Å²) >= 11 is 0. The van der Waals surface area contributed by atoms with Crippen molar-refractivity contribution in [1.82, 2.24) is 10.6 Å². The Kier molecular flexibility index (Phi) is 8.45. The third-order valence-electron chi connectivity index (χ3n) is 5.43. The van der Waals surface area contributed by atoms with Gasteiger partial charge in [0.2, 0.25) is 17.7 Å². The van der Waals surface area contributed by atoms with Crippen LogP contribution in [0.5, 0.6) is 0 Å². The van der Waals surface area contributed by atoms with E-state index < -0.39 is 35.6 Å². The zero-order valence-corrected chi connectivity index (χ0v) is 19.2. The van der Waals surface area contributed by atoms with Gasteiger partial charge in [-0.05, 0) is 17.2 Å². The minimum atomic E-state index is -1.10. The lowest BCUT2D eigenvalue weighted by atomic mass is 9.99. The average Bonchev–Trinajstić information content (AvgIpc) is 2.84. The van der Waals surface area contributed by atoms with E-state index in [1.165, 1.54) is 25.1 Å². The molecule has 0 unspecified atom stereocenters. The van der Waals surface area contributed by atoms with E-state index in [0.717, 1.165) is 0 Å². The zero-order chi connectivity index (χ0) is 25.4. The Hall–Kier alpha value is -4.33. The van der Waals surface area contributed by atoms with E-state index >= 15 is 0 Å². The summed E-state index contributed by atoms with van der Waals surface area (Å²) in [4.78, 5) is 49.2. The summed E-state index contributed by atoms with van der Waals surface area (Å²) in [5.74, 6) is -2.55. The van der Waals surface area contributed by atoms with Gasteiger partial charge in [0, 0.05) is 30.9 Å². The number of nitrogens with two attached hydrogens (primary N) is 1. The quantitative estimate of drug-likeness (QED) is 0.390. The van der Waals surface area contributed by atoms with Crippen LogP contribution in [0.3, 0.4) is 0 Å². The first kappa shape index (κ1) is 25.3. The van der Waals surface area contributed by atoms with Crippen LogP contribution in [0.4, 0.5) is 4.39 Å². The topological polar surface area (TPSA) is 118 Å². The highest BCUT2D eigenvalue weighted by Crippen LogP contribution is 2.13. The van der Waals surface area contributed by atoms with Gasteiger partial charge in [-0.3, -0.25) is 19.2 Å². The molecule has 0 fully saturated rings. The first-order valence-electron chi connectivity index (χ1n) is 11.0. The molecule has 0 radical (unpaired) electrons. The second-order valence-electron chi connectivity index (χ2n) is 8.11. The molecule has 35 heavy (non-hydrogen) atoms. The van der Waals surface area contributed by atoms with Crippen LogP contribution in [0, 0.1) is 5.82 Å². The molecule has 3 aromatic rings. The number of halogens is 1. The van der Waals surface area contributed by atoms with E-state index in [1.807, 2.05) is 6.07 Å². The summed E-state index contributed by atoms with van der Waals surface area (Å²) in [5.41, 5.74) is 7.46. The number of rotatable bonds is 10. The molecule has 0 saturated heterocycles. The molecule has 180 valence electrons. The molecule has 7 nitrogen and oxygen atoms in total. The van der Waals surface area contributed by atoms with Crippen LogP contribution in [0.1, 0.15) is 34.0 Å². The fraction of sp³-hybridized carbons (Fsp3) is 0.185. The predicted octanol–water partition coefficient (Wildman–Crippen LogP) is 2.32. The fourth-order valence-corrected chi connectivity index (χ4v) is 3.62. The van der Waals surface area contributed by atoms with Crippen LogP contribution >= 0.6 is 0 Å². The molecular weight excluding hydrogens is 449 g/mol. The van der Waals surface area contributed by atoms with Crippen molar-refractivity contribution in [2.24, 2.45) is 5.73 Å². The standard InChI is InChI=1S/C27H26FN3O4/c1-17(32)30-24(16-21-9-5-6-10-22(21)28)27(35)31-23(26(29)34)15-18-11-13-20(14-12-18)25(33)19-7-3-2-4-8-19/h2-14,23-24H,15-16H2,1H3,(H2,29,34)(H,30,32)(H,31,35)/t23-,24+/m0/s1. The maximum atomic E-state index is 14.1.